The van der Waals surface area contributed by atoms with Gasteiger partial charge in [-0.25, -0.2) is 4.98 Å². The number of hydrogen-bond donors (Lipinski definition) is 2. The van der Waals surface area contributed by atoms with Crippen LogP contribution in [-0.2, 0) is 11.0 Å². The van der Waals surface area contributed by atoms with Crippen molar-refractivity contribution in [3.05, 3.63) is 23.9 Å². The zero-order valence-electron chi connectivity index (χ0n) is 17.0. The quantitative estimate of drug-likeness (QED) is 0.406. The Balaban J connectivity index is 1.85. The molecule has 1 saturated carbocycles. The average Bonchev–Trinajstić information content (AvgIpc) is 3.16. The second-order valence-electron chi connectivity index (χ2n) is 7.24. The second kappa shape index (κ2) is 9.80. The average molecular weight is 415 g/mol. The zero-order valence-corrected chi connectivity index (χ0v) is 17.0. The van der Waals surface area contributed by atoms with Gasteiger partial charge in [0.05, 0.1) is 12.0 Å². The molecule has 0 spiro atoms. The predicted octanol–water partition coefficient (Wildman–Crippen LogP) is 2.29. The maximum Gasteiger partial charge on any atom is 0.421 e. The first-order valence-corrected chi connectivity index (χ1v) is 9.51. The van der Waals surface area contributed by atoms with Crippen LogP contribution in [0.15, 0.2) is 23.3 Å². The Morgan fingerprint density at radius 1 is 1.31 bits per heavy atom. The molecule has 0 radical (unpaired) electrons. The van der Waals surface area contributed by atoms with Crippen molar-refractivity contribution in [1.29, 1.82) is 0 Å². The van der Waals surface area contributed by atoms with Gasteiger partial charge in [0.1, 0.15) is 12.2 Å². The van der Waals surface area contributed by atoms with E-state index in [0.29, 0.717) is 12.5 Å². The lowest BCUT2D eigenvalue weighted by Gasteiger charge is -2.31. The van der Waals surface area contributed by atoms with E-state index in [1.165, 1.54) is 12.3 Å². The van der Waals surface area contributed by atoms with E-state index in [4.69, 9.17) is 4.74 Å². The summed E-state index contributed by atoms with van der Waals surface area (Å²) in [7, 11) is 5.09. The van der Waals surface area contributed by atoms with Crippen LogP contribution in [0.25, 0.3) is 0 Å². The summed E-state index contributed by atoms with van der Waals surface area (Å²) < 4.78 is 44.0. The highest BCUT2D eigenvalue weighted by Gasteiger charge is 2.42. The standard InChI is InChI=1S/C19H28F3N5O2/c1-23-17(26-13-18(8-4-5-9-18)16(28)27(2)3)25-11-12-29-15-14(19(20,21)22)7-6-10-24-15/h6-7,10H,4-5,8-9,11-13H2,1-3H3,(H2,23,25,26). The van der Waals surface area contributed by atoms with Crippen molar-refractivity contribution in [3.8, 4) is 5.88 Å². The third-order valence-corrected chi connectivity index (χ3v) is 4.95. The Bertz CT molecular complexity index is 716. The van der Waals surface area contributed by atoms with Crippen LogP contribution in [-0.4, -0.2) is 62.6 Å². The maximum atomic E-state index is 13.0. The number of nitrogens with one attached hydrogen (secondary N) is 2. The van der Waals surface area contributed by atoms with E-state index < -0.39 is 23.0 Å². The van der Waals surface area contributed by atoms with Crippen molar-refractivity contribution in [2.24, 2.45) is 10.4 Å². The molecule has 0 aliphatic heterocycles. The smallest absolute Gasteiger partial charge is 0.421 e. The molecule has 1 aromatic rings. The normalized spacial score (nSPS) is 16.4. The summed E-state index contributed by atoms with van der Waals surface area (Å²) in [6.07, 6.45) is 0.373. The van der Waals surface area contributed by atoms with E-state index in [1.807, 2.05) is 0 Å². The number of hydrogen-bond acceptors (Lipinski definition) is 4. The Hall–Kier alpha value is -2.52. The van der Waals surface area contributed by atoms with Gasteiger partial charge in [-0.1, -0.05) is 12.8 Å². The highest BCUT2D eigenvalue weighted by Crippen LogP contribution is 2.39. The zero-order chi connectivity index (χ0) is 21.5. The first-order valence-electron chi connectivity index (χ1n) is 9.51. The number of aromatic nitrogens is 1. The van der Waals surface area contributed by atoms with Crippen LogP contribution < -0.4 is 15.4 Å². The molecule has 0 aromatic carbocycles. The lowest BCUT2D eigenvalue weighted by Crippen LogP contribution is -2.49. The van der Waals surface area contributed by atoms with Gasteiger partial charge in [-0.05, 0) is 25.0 Å². The Morgan fingerprint density at radius 2 is 2.00 bits per heavy atom. The summed E-state index contributed by atoms with van der Waals surface area (Å²) in [5, 5.41) is 6.15. The van der Waals surface area contributed by atoms with Crippen LogP contribution >= 0.6 is 0 Å². The summed E-state index contributed by atoms with van der Waals surface area (Å²) in [5.41, 5.74) is -1.36. The van der Waals surface area contributed by atoms with Gasteiger partial charge in [-0.2, -0.15) is 13.2 Å². The molecule has 1 aliphatic rings. The molecule has 0 atom stereocenters. The highest BCUT2D eigenvalue weighted by atomic mass is 19.4. The molecule has 2 rings (SSSR count). The van der Waals surface area contributed by atoms with Crippen LogP contribution in [0, 0.1) is 5.41 Å². The minimum absolute atomic E-state index is 0.0252. The number of ether oxygens (including phenoxy) is 1. The third-order valence-electron chi connectivity index (χ3n) is 4.95. The number of rotatable bonds is 7. The number of halogens is 3. The van der Waals surface area contributed by atoms with Gasteiger partial charge in [0.25, 0.3) is 0 Å². The molecule has 0 unspecified atom stereocenters. The molecule has 1 aromatic heterocycles. The van der Waals surface area contributed by atoms with Gasteiger partial charge in [-0.3, -0.25) is 9.79 Å². The molecule has 0 saturated heterocycles. The van der Waals surface area contributed by atoms with Crippen LogP contribution in [0.1, 0.15) is 31.2 Å². The molecule has 1 amide bonds. The van der Waals surface area contributed by atoms with E-state index in [-0.39, 0.29) is 19.1 Å². The minimum Gasteiger partial charge on any atom is -0.475 e. The van der Waals surface area contributed by atoms with E-state index >= 15 is 0 Å². The van der Waals surface area contributed by atoms with Crippen molar-refractivity contribution < 1.29 is 22.7 Å². The van der Waals surface area contributed by atoms with Crippen LogP contribution in [0.3, 0.4) is 0 Å². The summed E-state index contributed by atoms with van der Waals surface area (Å²) in [4.78, 5) is 22.0. The predicted molar refractivity (Wildman–Crippen MR) is 104 cm³/mol. The van der Waals surface area contributed by atoms with Gasteiger partial charge in [0.15, 0.2) is 5.96 Å². The summed E-state index contributed by atoms with van der Waals surface area (Å²) >= 11 is 0. The summed E-state index contributed by atoms with van der Waals surface area (Å²) in [6.45, 7) is 0.647. The van der Waals surface area contributed by atoms with Crippen molar-refractivity contribution in [2.75, 3.05) is 40.8 Å². The molecule has 10 heteroatoms. The van der Waals surface area contributed by atoms with Gasteiger partial charge in [-0.15, -0.1) is 0 Å². The molecule has 1 fully saturated rings. The van der Waals surface area contributed by atoms with E-state index in [9.17, 15) is 18.0 Å². The Labute approximate surface area is 168 Å². The Morgan fingerprint density at radius 3 is 2.59 bits per heavy atom. The Kier molecular flexibility index (Phi) is 7.69. The number of pyridine rings is 1. The third kappa shape index (κ3) is 5.98. The summed E-state index contributed by atoms with van der Waals surface area (Å²) in [5.74, 6) is 0.103. The largest absolute Gasteiger partial charge is 0.475 e. The maximum absolute atomic E-state index is 13.0. The number of aliphatic imine (C=N–C) groups is 1. The van der Waals surface area contributed by atoms with Crippen molar-refractivity contribution >= 4 is 11.9 Å². The molecule has 162 valence electrons. The lowest BCUT2D eigenvalue weighted by molar-refractivity contribution is -0.139. The molecule has 7 nitrogen and oxygen atoms in total. The van der Waals surface area contributed by atoms with Gasteiger partial charge < -0.3 is 20.3 Å². The van der Waals surface area contributed by atoms with Crippen molar-refractivity contribution in [1.82, 2.24) is 20.5 Å². The van der Waals surface area contributed by atoms with Crippen LogP contribution in [0.2, 0.25) is 0 Å². The van der Waals surface area contributed by atoms with Crippen molar-refractivity contribution in [3.63, 3.8) is 0 Å². The van der Waals surface area contributed by atoms with Gasteiger partial charge in [0.2, 0.25) is 11.8 Å². The molecule has 0 bridgehead atoms. The fraction of sp³-hybridized carbons (Fsp3) is 0.632. The SMILES string of the molecule is CN=C(NCCOc1ncccc1C(F)(F)F)NCC1(C(=O)N(C)C)CCCC1. The minimum atomic E-state index is -4.52. The fourth-order valence-electron chi connectivity index (χ4n) is 3.50. The first-order chi connectivity index (χ1) is 13.7. The van der Waals surface area contributed by atoms with Crippen molar-refractivity contribution in [2.45, 2.75) is 31.9 Å². The molecule has 1 aliphatic carbocycles. The topological polar surface area (TPSA) is 78.9 Å². The highest BCUT2D eigenvalue weighted by molar-refractivity contribution is 5.85. The number of guanidine groups is 1. The summed E-state index contributed by atoms with van der Waals surface area (Å²) in [6, 6.07) is 2.15. The molecule has 1 heterocycles. The number of amides is 1. The number of nitrogens with zero attached hydrogens (tertiary/aromatic N) is 3. The molecule has 2 N–H and O–H groups in total. The lowest BCUT2D eigenvalue weighted by atomic mass is 9.84. The van der Waals surface area contributed by atoms with E-state index in [1.54, 1.807) is 26.0 Å². The second-order valence-corrected chi connectivity index (χ2v) is 7.24. The number of alkyl halides is 3. The molecular weight excluding hydrogens is 387 g/mol. The molecular formula is C19H28F3N5O2. The number of carbonyl (C=O) groups excluding carboxylic acids is 1. The monoisotopic (exact) mass is 415 g/mol. The fourth-order valence-corrected chi connectivity index (χ4v) is 3.50. The van der Waals surface area contributed by atoms with Crippen LogP contribution in [0.4, 0.5) is 13.2 Å². The first kappa shape index (κ1) is 22.8. The van der Waals surface area contributed by atoms with Gasteiger partial charge in [0, 0.05) is 33.9 Å². The van der Waals surface area contributed by atoms with E-state index in [0.717, 1.165) is 31.7 Å². The van der Waals surface area contributed by atoms with E-state index in [2.05, 4.69) is 20.6 Å². The van der Waals surface area contributed by atoms with Gasteiger partial charge >= 0.3 is 6.18 Å². The van der Waals surface area contributed by atoms with Crippen LogP contribution in [0.5, 0.6) is 5.88 Å². The molecule has 29 heavy (non-hydrogen) atoms. The number of carbonyl (C=O) groups is 1.